The van der Waals surface area contributed by atoms with E-state index in [-0.39, 0.29) is 12.0 Å². The second-order valence-electron chi connectivity index (χ2n) is 3.36. The Balaban J connectivity index is 2.68. The van der Waals surface area contributed by atoms with Gasteiger partial charge in [-0.2, -0.15) is 4.98 Å². The van der Waals surface area contributed by atoms with E-state index in [0.29, 0.717) is 6.61 Å². The van der Waals surface area contributed by atoms with Gasteiger partial charge in [-0.15, -0.1) is 5.10 Å². The Morgan fingerprint density at radius 2 is 2.24 bits per heavy atom. The molecule has 0 aliphatic carbocycles. The van der Waals surface area contributed by atoms with E-state index in [1.165, 1.54) is 6.92 Å². The van der Waals surface area contributed by atoms with Crippen molar-refractivity contribution < 1.29 is 17.9 Å². The van der Waals surface area contributed by atoms with Crippen molar-refractivity contribution in [1.29, 1.82) is 0 Å². The topological polar surface area (TPSA) is 114 Å². The van der Waals surface area contributed by atoms with Gasteiger partial charge in [-0.3, -0.25) is 10.1 Å². The number of amides is 1. The van der Waals surface area contributed by atoms with Gasteiger partial charge in [0.25, 0.3) is 0 Å². The quantitative estimate of drug-likeness (QED) is 0.744. The number of nitrogens with zero attached hydrogens (tertiary/aromatic N) is 2. The van der Waals surface area contributed by atoms with Crippen molar-refractivity contribution in [1.82, 2.24) is 15.2 Å². The fourth-order valence-electron chi connectivity index (χ4n) is 0.909. The third kappa shape index (κ3) is 3.70. The van der Waals surface area contributed by atoms with Crippen molar-refractivity contribution in [3.8, 4) is 6.01 Å². The van der Waals surface area contributed by atoms with Crippen LogP contribution in [0.4, 0.5) is 5.95 Å². The summed E-state index contributed by atoms with van der Waals surface area (Å²) in [6, 6.07) is 0.0924. The van der Waals surface area contributed by atoms with Gasteiger partial charge in [0.05, 0.1) is 6.61 Å². The minimum absolute atomic E-state index is 0.0500. The molecular weight excluding hydrogens is 248 g/mol. The molecule has 0 saturated carbocycles. The molecule has 1 rings (SSSR count). The Labute approximate surface area is 98.7 Å². The van der Waals surface area contributed by atoms with Crippen LogP contribution in [-0.2, 0) is 14.6 Å². The van der Waals surface area contributed by atoms with E-state index in [2.05, 4.69) is 20.5 Å². The first-order valence-electron chi connectivity index (χ1n) is 4.89. The lowest BCUT2D eigenvalue weighted by Gasteiger charge is -2.07. The first-order valence-corrected chi connectivity index (χ1v) is 6.85. The molecule has 0 radical (unpaired) electrons. The normalized spacial score (nSPS) is 13.1. The smallest absolute Gasteiger partial charge is 0.337 e. The molecule has 0 fully saturated rings. The Morgan fingerprint density at radius 1 is 1.59 bits per heavy atom. The van der Waals surface area contributed by atoms with Crippen LogP contribution < -0.4 is 10.1 Å². The van der Waals surface area contributed by atoms with Gasteiger partial charge in [-0.1, -0.05) is 0 Å². The first kappa shape index (κ1) is 13.4. The number of H-pyrrole nitrogens is 1. The minimum atomic E-state index is -3.43. The van der Waals surface area contributed by atoms with Gasteiger partial charge in [0.15, 0.2) is 9.84 Å². The lowest BCUT2D eigenvalue weighted by molar-refractivity contribution is -0.115. The van der Waals surface area contributed by atoms with Crippen LogP contribution in [0.5, 0.6) is 6.01 Å². The number of nitrogens with one attached hydrogen (secondary N) is 2. The number of aromatic amines is 1. The van der Waals surface area contributed by atoms with Gasteiger partial charge in [0, 0.05) is 6.26 Å². The van der Waals surface area contributed by atoms with Crippen LogP contribution in [0, 0.1) is 0 Å². The number of carbonyl (C=O) groups excluding carboxylic acids is 1. The Bertz CT molecular complexity index is 495. The van der Waals surface area contributed by atoms with Crippen molar-refractivity contribution in [3.05, 3.63) is 0 Å². The molecule has 0 aromatic carbocycles. The maximum Gasteiger partial charge on any atom is 0.337 e. The Hall–Kier alpha value is -1.64. The molecule has 1 unspecified atom stereocenters. The zero-order chi connectivity index (χ0) is 13.1. The van der Waals surface area contributed by atoms with Crippen LogP contribution in [-0.4, -0.2) is 47.6 Å². The monoisotopic (exact) mass is 262 g/mol. The number of anilines is 1. The van der Waals surface area contributed by atoms with Gasteiger partial charge in [-0.05, 0) is 13.8 Å². The van der Waals surface area contributed by atoms with Crippen molar-refractivity contribution in [3.63, 3.8) is 0 Å². The minimum Gasteiger partial charge on any atom is -0.463 e. The van der Waals surface area contributed by atoms with E-state index < -0.39 is 21.0 Å². The van der Waals surface area contributed by atoms with Crippen molar-refractivity contribution in [2.24, 2.45) is 0 Å². The molecule has 1 aromatic rings. The summed E-state index contributed by atoms with van der Waals surface area (Å²) >= 11 is 0. The van der Waals surface area contributed by atoms with E-state index in [1.807, 2.05) is 0 Å². The maximum atomic E-state index is 11.5. The summed E-state index contributed by atoms with van der Waals surface area (Å²) in [5.74, 6) is -0.624. The molecule has 0 aliphatic rings. The van der Waals surface area contributed by atoms with Crippen molar-refractivity contribution >= 4 is 21.7 Å². The van der Waals surface area contributed by atoms with E-state index in [0.717, 1.165) is 6.26 Å². The van der Waals surface area contributed by atoms with Gasteiger partial charge < -0.3 is 4.74 Å². The lowest BCUT2D eigenvalue weighted by atomic mass is 10.4. The lowest BCUT2D eigenvalue weighted by Crippen LogP contribution is -2.32. The van der Waals surface area contributed by atoms with Crippen LogP contribution in [0.2, 0.25) is 0 Å². The summed E-state index contributed by atoms with van der Waals surface area (Å²) in [4.78, 5) is 15.3. The molecule has 1 heterocycles. The summed E-state index contributed by atoms with van der Waals surface area (Å²) in [6.45, 7) is 3.45. The number of aromatic nitrogens is 3. The second-order valence-corrected chi connectivity index (χ2v) is 5.73. The maximum absolute atomic E-state index is 11.5. The van der Waals surface area contributed by atoms with E-state index in [9.17, 15) is 13.2 Å². The molecule has 2 N–H and O–H groups in total. The molecule has 0 aliphatic heterocycles. The van der Waals surface area contributed by atoms with E-state index in [4.69, 9.17) is 4.74 Å². The molecule has 9 heteroatoms. The third-order valence-corrected chi connectivity index (χ3v) is 3.49. The van der Waals surface area contributed by atoms with Gasteiger partial charge in [-0.25, -0.2) is 13.5 Å². The predicted molar refractivity (Wildman–Crippen MR) is 60.5 cm³/mol. The molecule has 17 heavy (non-hydrogen) atoms. The fraction of sp³-hybridized carbons (Fsp3) is 0.625. The molecule has 96 valence electrons. The van der Waals surface area contributed by atoms with Gasteiger partial charge in [0.2, 0.25) is 11.9 Å². The second kappa shape index (κ2) is 5.13. The zero-order valence-corrected chi connectivity index (χ0v) is 10.5. The summed E-state index contributed by atoms with van der Waals surface area (Å²) in [5, 5.41) is 7.22. The average molecular weight is 262 g/mol. The molecule has 0 saturated heterocycles. The van der Waals surface area contributed by atoms with Gasteiger partial charge >= 0.3 is 6.01 Å². The SMILES string of the molecule is CCOc1n[nH]c(NC(=O)C(C)S(C)(=O)=O)n1. The highest BCUT2D eigenvalue weighted by molar-refractivity contribution is 7.92. The Kier molecular flexibility index (Phi) is 4.05. The van der Waals surface area contributed by atoms with Gasteiger partial charge in [0.1, 0.15) is 5.25 Å². The Morgan fingerprint density at radius 3 is 2.76 bits per heavy atom. The third-order valence-electron chi connectivity index (χ3n) is 1.99. The molecular formula is C8H14N4O4S. The summed E-state index contributed by atoms with van der Waals surface area (Å²) in [7, 11) is -3.43. The van der Waals surface area contributed by atoms with Crippen LogP contribution in [0.3, 0.4) is 0 Å². The number of carbonyl (C=O) groups is 1. The number of ether oxygens (including phenoxy) is 1. The van der Waals surface area contributed by atoms with Crippen molar-refractivity contribution in [2.45, 2.75) is 19.1 Å². The molecule has 0 spiro atoms. The van der Waals surface area contributed by atoms with Crippen LogP contribution >= 0.6 is 0 Å². The van der Waals surface area contributed by atoms with Crippen LogP contribution in [0.15, 0.2) is 0 Å². The highest BCUT2D eigenvalue weighted by atomic mass is 32.2. The largest absolute Gasteiger partial charge is 0.463 e. The molecule has 1 aromatic heterocycles. The summed E-state index contributed by atoms with van der Waals surface area (Å²) in [6.07, 6.45) is 0.989. The number of hydrogen-bond donors (Lipinski definition) is 2. The van der Waals surface area contributed by atoms with Crippen molar-refractivity contribution in [2.75, 3.05) is 18.2 Å². The highest BCUT2D eigenvalue weighted by Crippen LogP contribution is 2.07. The summed E-state index contributed by atoms with van der Waals surface area (Å²) in [5.41, 5.74) is 0. The van der Waals surface area contributed by atoms with Crippen LogP contribution in [0.1, 0.15) is 13.8 Å². The number of rotatable bonds is 5. The molecule has 0 bridgehead atoms. The van der Waals surface area contributed by atoms with E-state index >= 15 is 0 Å². The van der Waals surface area contributed by atoms with E-state index in [1.54, 1.807) is 6.92 Å². The molecule has 1 amide bonds. The molecule has 1 atom stereocenters. The first-order chi connectivity index (χ1) is 7.84. The zero-order valence-electron chi connectivity index (χ0n) is 9.72. The predicted octanol–water partition coefficient (Wildman–Crippen LogP) is -0.425. The standard InChI is InChI=1S/C8H14N4O4S/c1-4-16-8-10-7(11-12-8)9-6(13)5(2)17(3,14)15/h5H,4H2,1-3H3,(H2,9,10,11,12,13). The summed E-state index contributed by atoms with van der Waals surface area (Å²) < 4.78 is 27.3. The average Bonchev–Trinajstić information content (AvgIpc) is 2.63. The number of hydrogen-bond acceptors (Lipinski definition) is 6. The number of sulfone groups is 1. The molecule has 8 nitrogen and oxygen atoms in total. The van der Waals surface area contributed by atoms with Crippen LogP contribution in [0.25, 0.3) is 0 Å². The fourth-order valence-corrected chi connectivity index (χ4v) is 1.36. The highest BCUT2D eigenvalue weighted by Gasteiger charge is 2.24.